The maximum absolute atomic E-state index is 12.0. The topological polar surface area (TPSA) is 45.5 Å². The third-order valence-electron chi connectivity index (χ3n) is 3.77. The van der Waals surface area contributed by atoms with E-state index in [2.05, 4.69) is 26.1 Å². The second-order valence-electron chi connectivity index (χ2n) is 4.82. The fraction of sp³-hybridized carbons (Fsp3) is 0.583. The monoisotopic (exact) mass is 334 g/mol. The van der Waals surface area contributed by atoms with Gasteiger partial charge in [-0.25, -0.2) is 0 Å². The molecule has 0 aliphatic carbocycles. The summed E-state index contributed by atoms with van der Waals surface area (Å²) in [4.78, 5) is 14.4. The smallest absolute Gasteiger partial charge is 0.287 e. The van der Waals surface area contributed by atoms with Crippen molar-refractivity contribution < 1.29 is 9.21 Å². The van der Waals surface area contributed by atoms with E-state index in [9.17, 15) is 4.79 Å². The first-order valence-electron chi connectivity index (χ1n) is 6.01. The average Bonchev–Trinajstić information content (AvgIpc) is 2.77. The SMILES string of the molecule is Cl.O=C(NC1CN2CCC1CC2)c1ccc(Br)o1. The molecule has 4 heterocycles. The zero-order valence-corrected chi connectivity index (χ0v) is 12.3. The molecule has 1 atom stereocenters. The number of fused-ring (bicyclic) bond motifs is 3. The van der Waals surface area contributed by atoms with Crippen molar-refractivity contribution in [2.24, 2.45) is 5.92 Å². The van der Waals surface area contributed by atoms with E-state index < -0.39 is 0 Å². The highest BCUT2D eigenvalue weighted by Crippen LogP contribution is 2.27. The average molecular weight is 336 g/mol. The quantitative estimate of drug-likeness (QED) is 0.902. The van der Waals surface area contributed by atoms with Crippen LogP contribution in [0.2, 0.25) is 0 Å². The van der Waals surface area contributed by atoms with Crippen molar-refractivity contribution in [3.8, 4) is 0 Å². The molecule has 0 saturated carbocycles. The summed E-state index contributed by atoms with van der Waals surface area (Å²) >= 11 is 3.20. The maximum atomic E-state index is 12.0. The zero-order chi connectivity index (χ0) is 11.8. The number of hydrogen-bond donors (Lipinski definition) is 1. The number of furan rings is 1. The van der Waals surface area contributed by atoms with E-state index in [-0.39, 0.29) is 24.4 Å². The Balaban J connectivity index is 0.00000120. The molecular weight excluding hydrogens is 320 g/mol. The second kappa shape index (κ2) is 5.63. The number of hydrogen-bond acceptors (Lipinski definition) is 3. The molecule has 3 aliphatic rings. The van der Waals surface area contributed by atoms with Gasteiger partial charge >= 0.3 is 0 Å². The lowest BCUT2D eigenvalue weighted by Crippen LogP contribution is -2.57. The van der Waals surface area contributed by atoms with Gasteiger partial charge < -0.3 is 14.6 Å². The minimum Gasteiger partial charge on any atom is -0.444 e. The first-order chi connectivity index (χ1) is 8.22. The Kier molecular flexibility index (Phi) is 4.35. The predicted molar refractivity (Wildman–Crippen MR) is 74.1 cm³/mol. The fourth-order valence-electron chi connectivity index (χ4n) is 2.80. The van der Waals surface area contributed by atoms with Gasteiger partial charge in [0.05, 0.1) is 0 Å². The lowest BCUT2D eigenvalue weighted by molar-refractivity contribution is 0.0605. The van der Waals surface area contributed by atoms with Gasteiger partial charge in [0.15, 0.2) is 10.4 Å². The van der Waals surface area contributed by atoms with E-state index in [1.165, 1.54) is 25.9 Å². The van der Waals surface area contributed by atoms with Crippen LogP contribution in [0.3, 0.4) is 0 Å². The summed E-state index contributed by atoms with van der Waals surface area (Å²) in [6, 6.07) is 3.72. The van der Waals surface area contributed by atoms with Crippen LogP contribution in [0.1, 0.15) is 23.4 Å². The summed E-state index contributed by atoms with van der Waals surface area (Å²) in [5.74, 6) is 0.921. The van der Waals surface area contributed by atoms with E-state index >= 15 is 0 Å². The Bertz CT molecular complexity index is 429. The minimum atomic E-state index is -0.102. The van der Waals surface area contributed by atoms with Gasteiger partial charge in [-0.2, -0.15) is 0 Å². The molecule has 4 nitrogen and oxygen atoms in total. The molecule has 1 amide bonds. The number of rotatable bonds is 2. The number of nitrogens with one attached hydrogen (secondary N) is 1. The first kappa shape index (κ1) is 13.9. The summed E-state index contributed by atoms with van der Waals surface area (Å²) in [5, 5.41) is 3.08. The van der Waals surface area contributed by atoms with E-state index in [1.807, 2.05) is 0 Å². The number of carbonyl (C=O) groups excluding carboxylic acids is 1. The van der Waals surface area contributed by atoms with Crippen LogP contribution in [0, 0.1) is 5.92 Å². The van der Waals surface area contributed by atoms with Gasteiger partial charge in [0.25, 0.3) is 5.91 Å². The van der Waals surface area contributed by atoms with Crippen LogP contribution in [0.25, 0.3) is 0 Å². The summed E-state index contributed by atoms with van der Waals surface area (Å²) in [6.07, 6.45) is 2.40. The Hall–Kier alpha value is -0.520. The molecule has 2 bridgehead atoms. The molecule has 1 aromatic heterocycles. The molecule has 18 heavy (non-hydrogen) atoms. The van der Waals surface area contributed by atoms with Crippen molar-refractivity contribution >= 4 is 34.2 Å². The Morgan fingerprint density at radius 2 is 2.11 bits per heavy atom. The van der Waals surface area contributed by atoms with Crippen molar-refractivity contribution in [1.82, 2.24) is 10.2 Å². The van der Waals surface area contributed by atoms with Gasteiger partial charge in [-0.1, -0.05) is 0 Å². The van der Waals surface area contributed by atoms with Crippen LogP contribution in [-0.4, -0.2) is 36.5 Å². The van der Waals surface area contributed by atoms with Gasteiger partial charge in [0, 0.05) is 12.6 Å². The molecule has 1 unspecified atom stereocenters. The van der Waals surface area contributed by atoms with Gasteiger partial charge in [-0.05, 0) is 59.9 Å². The lowest BCUT2D eigenvalue weighted by atomic mass is 9.84. The molecule has 4 rings (SSSR count). The molecule has 3 aliphatic heterocycles. The van der Waals surface area contributed by atoms with E-state index in [1.54, 1.807) is 12.1 Å². The van der Waals surface area contributed by atoms with Gasteiger partial charge in [-0.15, -0.1) is 12.4 Å². The van der Waals surface area contributed by atoms with E-state index in [4.69, 9.17) is 4.42 Å². The summed E-state index contributed by atoms with van der Waals surface area (Å²) in [6.45, 7) is 3.35. The lowest BCUT2D eigenvalue weighted by Gasteiger charge is -2.44. The van der Waals surface area contributed by atoms with Crippen molar-refractivity contribution in [3.63, 3.8) is 0 Å². The minimum absolute atomic E-state index is 0. The van der Waals surface area contributed by atoms with Gasteiger partial charge in [0.2, 0.25) is 0 Å². The molecule has 6 heteroatoms. The molecule has 3 saturated heterocycles. The number of piperidine rings is 3. The molecule has 1 N–H and O–H groups in total. The summed E-state index contributed by atoms with van der Waals surface area (Å²) in [5.41, 5.74) is 0. The largest absolute Gasteiger partial charge is 0.444 e. The molecular formula is C12H16BrClN2O2. The highest BCUT2D eigenvalue weighted by molar-refractivity contribution is 9.10. The molecule has 0 spiro atoms. The molecule has 100 valence electrons. The third-order valence-corrected chi connectivity index (χ3v) is 4.20. The Labute approximate surface area is 121 Å². The normalized spacial score (nSPS) is 29.7. The van der Waals surface area contributed by atoms with Crippen molar-refractivity contribution in [1.29, 1.82) is 0 Å². The zero-order valence-electron chi connectivity index (χ0n) is 9.89. The van der Waals surface area contributed by atoms with E-state index in [0.29, 0.717) is 16.3 Å². The highest BCUT2D eigenvalue weighted by atomic mass is 79.9. The molecule has 0 radical (unpaired) electrons. The second-order valence-corrected chi connectivity index (χ2v) is 5.60. The van der Waals surface area contributed by atoms with Crippen molar-refractivity contribution in [2.45, 2.75) is 18.9 Å². The van der Waals surface area contributed by atoms with Gasteiger partial charge in [-0.3, -0.25) is 4.79 Å². The van der Waals surface area contributed by atoms with Crippen LogP contribution >= 0.6 is 28.3 Å². The number of amides is 1. The Morgan fingerprint density at radius 1 is 1.39 bits per heavy atom. The highest BCUT2D eigenvalue weighted by Gasteiger charge is 2.35. The van der Waals surface area contributed by atoms with Gasteiger partial charge in [0.1, 0.15) is 0 Å². The van der Waals surface area contributed by atoms with Crippen LogP contribution in [0.15, 0.2) is 21.2 Å². The fourth-order valence-corrected chi connectivity index (χ4v) is 3.11. The molecule has 0 aromatic carbocycles. The number of halogens is 2. The Morgan fingerprint density at radius 3 is 2.61 bits per heavy atom. The maximum Gasteiger partial charge on any atom is 0.287 e. The van der Waals surface area contributed by atoms with Crippen molar-refractivity contribution in [2.75, 3.05) is 19.6 Å². The number of carbonyl (C=O) groups is 1. The standard InChI is InChI=1S/C12H15BrN2O2.ClH/c13-11-2-1-10(17-11)12(16)14-9-7-15-5-3-8(9)4-6-15;/h1-2,8-9H,3-7H2,(H,14,16);1H. The van der Waals surface area contributed by atoms with E-state index in [0.717, 1.165) is 6.54 Å². The van der Waals surface area contributed by atoms with Crippen LogP contribution in [0.4, 0.5) is 0 Å². The molecule has 3 fully saturated rings. The van der Waals surface area contributed by atoms with Crippen molar-refractivity contribution in [3.05, 3.63) is 22.6 Å². The number of nitrogens with zero attached hydrogens (tertiary/aromatic N) is 1. The van der Waals surface area contributed by atoms with Crippen LogP contribution < -0.4 is 5.32 Å². The van der Waals surface area contributed by atoms with Crippen LogP contribution in [-0.2, 0) is 0 Å². The molecule has 1 aromatic rings. The summed E-state index contributed by atoms with van der Waals surface area (Å²) in [7, 11) is 0. The third kappa shape index (κ3) is 2.73. The predicted octanol–water partition coefficient (Wildman–Crippen LogP) is 2.29. The first-order valence-corrected chi connectivity index (χ1v) is 6.80. The summed E-state index contributed by atoms with van der Waals surface area (Å²) < 4.78 is 5.85. The van der Waals surface area contributed by atoms with Crippen LogP contribution in [0.5, 0.6) is 0 Å².